The third-order valence-corrected chi connectivity index (χ3v) is 4.28. The van der Waals surface area contributed by atoms with Gasteiger partial charge in [0.25, 0.3) is 0 Å². The second-order valence-corrected chi connectivity index (χ2v) is 6.33. The van der Waals surface area contributed by atoms with Gasteiger partial charge >= 0.3 is 6.18 Å². The maximum Gasteiger partial charge on any atom is 0.433 e. The third-order valence-electron chi connectivity index (χ3n) is 4.28. The van der Waals surface area contributed by atoms with E-state index in [0.29, 0.717) is 31.6 Å². The van der Waals surface area contributed by atoms with E-state index in [0.717, 1.165) is 12.5 Å². The summed E-state index contributed by atoms with van der Waals surface area (Å²) in [5.41, 5.74) is -0.646. The molecule has 1 amide bonds. The number of hydrogen-bond donors (Lipinski definition) is 0. The smallest absolute Gasteiger partial charge is 0.347 e. The van der Waals surface area contributed by atoms with Crippen LogP contribution in [0.15, 0.2) is 30.6 Å². The molecular formula is C18H20F3N5O. The zero-order chi connectivity index (χ0) is 19.4. The van der Waals surface area contributed by atoms with Crippen LogP contribution in [0.2, 0.25) is 0 Å². The van der Waals surface area contributed by atoms with Gasteiger partial charge in [0.1, 0.15) is 5.82 Å². The van der Waals surface area contributed by atoms with Crippen molar-refractivity contribution in [1.29, 1.82) is 0 Å². The van der Waals surface area contributed by atoms with Crippen LogP contribution in [0.4, 0.5) is 19.0 Å². The van der Waals surface area contributed by atoms with Crippen molar-refractivity contribution in [3.63, 3.8) is 0 Å². The second kappa shape index (κ2) is 7.89. The Hall–Kier alpha value is -2.71. The number of nitrogens with zero attached hydrogens (tertiary/aromatic N) is 5. The van der Waals surface area contributed by atoms with Gasteiger partial charge in [0.05, 0.1) is 6.54 Å². The van der Waals surface area contributed by atoms with Crippen LogP contribution in [0.25, 0.3) is 11.4 Å². The van der Waals surface area contributed by atoms with Gasteiger partial charge in [-0.1, -0.05) is 6.92 Å². The molecule has 1 aliphatic rings. The van der Waals surface area contributed by atoms with E-state index in [1.54, 1.807) is 21.9 Å². The van der Waals surface area contributed by atoms with E-state index in [9.17, 15) is 18.0 Å². The van der Waals surface area contributed by atoms with Crippen LogP contribution in [-0.4, -0.2) is 51.9 Å². The highest BCUT2D eigenvalue weighted by atomic mass is 19.4. The van der Waals surface area contributed by atoms with Crippen molar-refractivity contribution in [3.8, 4) is 11.4 Å². The minimum absolute atomic E-state index is 0.000784. The summed E-state index contributed by atoms with van der Waals surface area (Å²) in [5, 5.41) is 0. The molecule has 0 aromatic carbocycles. The van der Waals surface area contributed by atoms with E-state index < -0.39 is 11.9 Å². The number of carbonyl (C=O) groups excluding carboxylic acids is 1. The van der Waals surface area contributed by atoms with Crippen LogP contribution >= 0.6 is 0 Å². The molecule has 0 aliphatic carbocycles. The Bertz CT molecular complexity index is 797. The predicted octanol–water partition coefficient (Wildman–Crippen LogP) is 3.01. The second-order valence-electron chi connectivity index (χ2n) is 6.33. The molecule has 6 nitrogen and oxygen atoms in total. The number of rotatable bonds is 4. The molecule has 0 saturated carbocycles. The zero-order valence-electron chi connectivity index (χ0n) is 14.9. The standard InChI is InChI=1S/C18H20F3N5O/c1-2-7-25-8-4-9-26(12-16(25)27)15-10-14(18(19,20)21)23-17(24-15)13-5-3-6-22-11-13/h3,5-6,10-11H,2,4,7-9,12H2,1H3. The number of carbonyl (C=O) groups is 1. The average Bonchev–Trinajstić information content (AvgIpc) is 2.83. The quantitative estimate of drug-likeness (QED) is 0.817. The van der Waals surface area contributed by atoms with Gasteiger partial charge < -0.3 is 9.80 Å². The number of alkyl halides is 3. The SMILES string of the molecule is CCCN1CCCN(c2cc(C(F)(F)F)nc(-c3cccnc3)n2)CC1=O. The van der Waals surface area contributed by atoms with Crippen LogP contribution in [0.1, 0.15) is 25.5 Å². The van der Waals surface area contributed by atoms with Gasteiger partial charge in [-0.25, -0.2) is 9.97 Å². The van der Waals surface area contributed by atoms with Crippen molar-refractivity contribution in [1.82, 2.24) is 19.9 Å². The summed E-state index contributed by atoms with van der Waals surface area (Å²) >= 11 is 0. The maximum absolute atomic E-state index is 13.4. The fraction of sp³-hybridized carbons (Fsp3) is 0.444. The van der Waals surface area contributed by atoms with E-state index in [-0.39, 0.29) is 24.1 Å². The maximum atomic E-state index is 13.4. The summed E-state index contributed by atoms with van der Waals surface area (Å²) in [5.74, 6) is -0.0673. The van der Waals surface area contributed by atoms with Gasteiger partial charge in [0.2, 0.25) is 5.91 Å². The van der Waals surface area contributed by atoms with E-state index in [1.807, 2.05) is 6.92 Å². The molecule has 0 N–H and O–H groups in total. The van der Waals surface area contributed by atoms with Crippen molar-refractivity contribution in [2.24, 2.45) is 0 Å². The third kappa shape index (κ3) is 4.53. The van der Waals surface area contributed by atoms with Crippen LogP contribution in [0, 0.1) is 0 Å². The minimum atomic E-state index is -4.61. The molecule has 0 spiro atoms. The number of anilines is 1. The minimum Gasteiger partial charge on any atom is -0.347 e. The van der Waals surface area contributed by atoms with E-state index >= 15 is 0 Å². The Balaban J connectivity index is 1.98. The molecule has 3 rings (SSSR count). The average molecular weight is 379 g/mol. The zero-order valence-corrected chi connectivity index (χ0v) is 14.9. The lowest BCUT2D eigenvalue weighted by molar-refractivity contribution is -0.141. The Morgan fingerprint density at radius 3 is 2.70 bits per heavy atom. The number of hydrogen-bond acceptors (Lipinski definition) is 5. The first kappa shape index (κ1) is 19.1. The molecule has 2 aromatic rings. The van der Waals surface area contributed by atoms with Gasteiger partial charge in [-0.05, 0) is 25.0 Å². The first-order chi connectivity index (χ1) is 12.9. The van der Waals surface area contributed by atoms with E-state index in [2.05, 4.69) is 15.0 Å². The first-order valence-corrected chi connectivity index (χ1v) is 8.78. The molecule has 9 heteroatoms. The fourth-order valence-electron chi connectivity index (χ4n) is 2.99. The fourth-order valence-corrected chi connectivity index (χ4v) is 2.99. The number of aromatic nitrogens is 3. The normalized spacial score (nSPS) is 15.8. The van der Waals surface area contributed by atoms with Crippen LogP contribution < -0.4 is 4.90 Å². The molecule has 3 heterocycles. The molecule has 2 aromatic heterocycles. The highest BCUT2D eigenvalue weighted by molar-refractivity contribution is 5.81. The van der Waals surface area contributed by atoms with Crippen molar-refractivity contribution in [2.45, 2.75) is 25.9 Å². The van der Waals surface area contributed by atoms with Gasteiger partial charge in [-0.15, -0.1) is 0 Å². The molecule has 0 radical (unpaired) electrons. The van der Waals surface area contributed by atoms with Crippen molar-refractivity contribution >= 4 is 11.7 Å². The Morgan fingerprint density at radius 2 is 2.04 bits per heavy atom. The number of amides is 1. The molecule has 1 aliphatic heterocycles. The molecule has 0 unspecified atom stereocenters. The topological polar surface area (TPSA) is 62.2 Å². The van der Waals surface area contributed by atoms with Gasteiger partial charge in [0, 0.05) is 43.7 Å². The molecule has 144 valence electrons. The van der Waals surface area contributed by atoms with Crippen molar-refractivity contribution in [2.75, 3.05) is 31.1 Å². The largest absolute Gasteiger partial charge is 0.433 e. The molecule has 27 heavy (non-hydrogen) atoms. The summed E-state index contributed by atoms with van der Waals surface area (Å²) in [6.07, 6.45) is -0.176. The van der Waals surface area contributed by atoms with Crippen LogP contribution in [0.3, 0.4) is 0 Å². The first-order valence-electron chi connectivity index (χ1n) is 8.78. The lowest BCUT2D eigenvalue weighted by Gasteiger charge is -2.23. The summed E-state index contributed by atoms with van der Waals surface area (Å²) in [4.78, 5) is 27.6. The van der Waals surface area contributed by atoms with Gasteiger partial charge in [-0.3, -0.25) is 9.78 Å². The summed E-state index contributed by atoms with van der Waals surface area (Å²) in [7, 11) is 0. The molecule has 1 saturated heterocycles. The summed E-state index contributed by atoms with van der Waals surface area (Å²) < 4.78 is 40.1. The summed E-state index contributed by atoms with van der Waals surface area (Å²) in [6.45, 7) is 3.67. The van der Waals surface area contributed by atoms with Crippen LogP contribution in [0.5, 0.6) is 0 Å². The highest BCUT2D eigenvalue weighted by Gasteiger charge is 2.35. The Morgan fingerprint density at radius 1 is 1.22 bits per heavy atom. The van der Waals surface area contributed by atoms with Crippen LogP contribution in [-0.2, 0) is 11.0 Å². The monoisotopic (exact) mass is 379 g/mol. The Labute approximate surface area is 155 Å². The van der Waals surface area contributed by atoms with E-state index in [1.165, 1.54) is 12.4 Å². The molecular weight excluding hydrogens is 359 g/mol. The highest BCUT2D eigenvalue weighted by Crippen LogP contribution is 2.31. The molecule has 1 fully saturated rings. The lowest BCUT2D eigenvalue weighted by Crippen LogP contribution is -2.37. The van der Waals surface area contributed by atoms with Gasteiger partial charge in [-0.2, -0.15) is 13.2 Å². The summed E-state index contributed by atoms with van der Waals surface area (Å²) in [6, 6.07) is 4.11. The number of halogens is 3. The Kier molecular flexibility index (Phi) is 5.57. The van der Waals surface area contributed by atoms with Crippen molar-refractivity contribution in [3.05, 3.63) is 36.3 Å². The van der Waals surface area contributed by atoms with Gasteiger partial charge in [0.15, 0.2) is 11.5 Å². The lowest BCUT2D eigenvalue weighted by atomic mass is 10.2. The number of pyridine rings is 1. The molecule has 0 bridgehead atoms. The molecule has 0 atom stereocenters. The van der Waals surface area contributed by atoms with E-state index in [4.69, 9.17) is 0 Å². The predicted molar refractivity (Wildman–Crippen MR) is 94.0 cm³/mol. The van der Waals surface area contributed by atoms with Crippen molar-refractivity contribution < 1.29 is 18.0 Å².